The number of hydrogen-bond acceptors (Lipinski definition) is 3. The molecular weight excluding hydrogens is 405 g/mol. The Labute approximate surface area is 156 Å². The molecule has 2 N–H and O–H groups in total. The van der Waals surface area contributed by atoms with E-state index >= 15 is 0 Å². The number of benzene rings is 2. The molecule has 26 heavy (non-hydrogen) atoms. The lowest BCUT2D eigenvalue weighted by molar-refractivity contribution is -0.127. The van der Waals surface area contributed by atoms with Crippen molar-refractivity contribution in [3.8, 4) is 0 Å². The fourth-order valence-electron chi connectivity index (χ4n) is 2.37. The first-order chi connectivity index (χ1) is 12.4. The molecule has 0 atom stereocenters. The van der Waals surface area contributed by atoms with Gasteiger partial charge in [0.1, 0.15) is 18.1 Å². The standard InChI is InChI=1S/C18H13BrFN3O3/c19-12-5-3-4-11(8-12)9-15-17(25)23(18(26)22-15)10-16(24)21-14-7-2-1-6-13(14)20/h1-9H,10H2,(H,21,24)(H,22,26)/b15-9+. The van der Waals surface area contributed by atoms with E-state index in [1.54, 1.807) is 24.3 Å². The van der Waals surface area contributed by atoms with Gasteiger partial charge in [-0.15, -0.1) is 0 Å². The van der Waals surface area contributed by atoms with Crippen molar-refractivity contribution >= 4 is 45.5 Å². The van der Waals surface area contributed by atoms with E-state index in [0.717, 1.165) is 9.37 Å². The van der Waals surface area contributed by atoms with Crippen molar-refractivity contribution in [3.05, 3.63) is 70.1 Å². The number of anilines is 1. The van der Waals surface area contributed by atoms with Gasteiger partial charge in [-0.25, -0.2) is 14.1 Å². The summed E-state index contributed by atoms with van der Waals surface area (Å²) in [6.07, 6.45) is 1.51. The van der Waals surface area contributed by atoms with E-state index in [-0.39, 0.29) is 11.4 Å². The molecule has 1 fully saturated rings. The summed E-state index contributed by atoms with van der Waals surface area (Å²) < 4.78 is 14.4. The average molecular weight is 418 g/mol. The second kappa shape index (κ2) is 7.49. The lowest BCUT2D eigenvalue weighted by Gasteiger charge is -2.12. The van der Waals surface area contributed by atoms with Crippen LogP contribution in [0.25, 0.3) is 6.08 Å². The first-order valence-corrected chi connectivity index (χ1v) is 8.38. The summed E-state index contributed by atoms with van der Waals surface area (Å²) >= 11 is 3.32. The number of nitrogens with zero attached hydrogens (tertiary/aromatic N) is 1. The fourth-order valence-corrected chi connectivity index (χ4v) is 2.79. The Morgan fingerprint density at radius 2 is 1.96 bits per heavy atom. The van der Waals surface area contributed by atoms with Crippen LogP contribution in [0.2, 0.25) is 0 Å². The highest BCUT2D eigenvalue weighted by Crippen LogP contribution is 2.18. The molecule has 1 saturated heterocycles. The van der Waals surface area contributed by atoms with Crippen molar-refractivity contribution in [2.75, 3.05) is 11.9 Å². The molecular formula is C18H13BrFN3O3. The van der Waals surface area contributed by atoms with E-state index < -0.39 is 30.2 Å². The zero-order chi connectivity index (χ0) is 18.7. The first kappa shape index (κ1) is 17.8. The van der Waals surface area contributed by atoms with E-state index in [2.05, 4.69) is 26.6 Å². The van der Waals surface area contributed by atoms with Crippen LogP contribution < -0.4 is 10.6 Å². The molecule has 0 aromatic heterocycles. The summed E-state index contributed by atoms with van der Waals surface area (Å²) in [7, 11) is 0. The van der Waals surface area contributed by atoms with Gasteiger partial charge in [-0.05, 0) is 35.9 Å². The predicted molar refractivity (Wildman–Crippen MR) is 97.4 cm³/mol. The van der Waals surface area contributed by atoms with E-state index in [9.17, 15) is 18.8 Å². The molecule has 2 aromatic carbocycles. The molecule has 3 rings (SSSR count). The van der Waals surface area contributed by atoms with Crippen LogP contribution in [0.5, 0.6) is 0 Å². The highest BCUT2D eigenvalue weighted by molar-refractivity contribution is 9.10. The third-order valence-corrected chi connectivity index (χ3v) is 4.06. The second-order valence-corrected chi connectivity index (χ2v) is 6.38. The Morgan fingerprint density at radius 1 is 1.19 bits per heavy atom. The average Bonchev–Trinajstić information content (AvgIpc) is 2.84. The third-order valence-electron chi connectivity index (χ3n) is 3.57. The largest absolute Gasteiger partial charge is 0.329 e. The van der Waals surface area contributed by atoms with Gasteiger partial charge in [0.15, 0.2) is 0 Å². The summed E-state index contributed by atoms with van der Waals surface area (Å²) in [6.45, 7) is -0.519. The smallest absolute Gasteiger partial charge is 0.322 e. The molecule has 8 heteroatoms. The minimum Gasteiger partial charge on any atom is -0.322 e. The number of amides is 4. The number of nitrogens with one attached hydrogen (secondary N) is 2. The van der Waals surface area contributed by atoms with Gasteiger partial charge in [-0.2, -0.15) is 0 Å². The SMILES string of the molecule is O=C(CN1C(=O)N/C(=C/c2cccc(Br)c2)C1=O)Nc1ccccc1F. The van der Waals surface area contributed by atoms with Gasteiger partial charge in [0.05, 0.1) is 5.69 Å². The topological polar surface area (TPSA) is 78.5 Å². The van der Waals surface area contributed by atoms with Crippen LogP contribution in [0.3, 0.4) is 0 Å². The van der Waals surface area contributed by atoms with E-state index in [4.69, 9.17) is 0 Å². The minimum absolute atomic E-state index is 0.0190. The van der Waals surface area contributed by atoms with Crippen LogP contribution >= 0.6 is 15.9 Å². The van der Waals surface area contributed by atoms with Crippen molar-refractivity contribution in [2.45, 2.75) is 0 Å². The van der Waals surface area contributed by atoms with Gasteiger partial charge in [0.25, 0.3) is 5.91 Å². The number of para-hydroxylation sites is 1. The molecule has 132 valence electrons. The Kier molecular flexibility index (Phi) is 5.13. The Balaban J connectivity index is 1.71. The van der Waals surface area contributed by atoms with Gasteiger partial charge >= 0.3 is 6.03 Å². The van der Waals surface area contributed by atoms with Gasteiger partial charge in [-0.3, -0.25) is 9.59 Å². The van der Waals surface area contributed by atoms with E-state index in [1.165, 1.54) is 24.3 Å². The van der Waals surface area contributed by atoms with Crippen molar-refractivity contribution in [1.82, 2.24) is 10.2 Å². The number of imide groups is 1. The summed E-state index contributed by atoms with van der Waals surface area (Å²) in [5, 5.41) is 4.77. The Morgan fingerprint density at radius 3 is 2.69 bits per heavy atom. The molecule has 0 bridgehead atoms. The quantitative estimate of drug-likeness (QED) is 0.592. The van der Waals surface area contributed by atoms with Crippen molar-refractivity contribution in [3.63, 3.8) is 0 Å². The van der Waals surface area contributed by atoms with Gasteiger partial charge in [0.2, 0.25) is 5.91 Å². The van der Waals surface area contributed by atoms with E-state index in [1.807, 2.05) is 6.07 Å². The number of urea groups is 1. The number of rotatable bonds is 4. The summed E-state index contributed by atoms with van der Waals surface area (Å²) in [5.74, 6) is -1.91. The lowest BCUT2D eigenvalue weighted by Crippen LogP contribution is -2.38. The highest BCUT2D eigenvalue weighted by Gasteiger charge is 2.34. The Hall–Kier alpha value is -3.00. The fraction of sp³-hybridized carbons (Fsp3) is 0.0556. The number of halogens is 2. The maximum absolute atomic E-state index is 13.6. The Bertz CT molecular complexity index is 929. The molecule has 0 spiro atoms. The van der Waals surface area contributed by atoms with Crippen molar-refractivity contribution < 1.29 is 18.8 Å². The maximum Gasteiger partial charge on any atom is 0.329 e. The zero-order valence-corrected chi connectivity index (χ0v) is 14.9. The molecule has 1 heterocycles. The third kappa shape index (κ3) is 3.97. The molecule has 0 saturated carbocycles. The van der Waals surface area contributed by atoms with Crippen LogP contribution in [0, 0.1) is 5.82 Å². The van der Waals surface area contributed by atoms with Crippen LogP contribution in [-0.2, 0) is 9.59 Å². The maximum atomic E-state index is 13.6. The second-order valence-electron chi connectivity index (χ2n) is 5.46. The minimum atomic E-state index is -0.708. The number of hydrogen-bond donors (Lipinski definition) is 2. The van der Waals surface area contributed by atoms with Crippen molar-refractivity contribution in [1.29, 1.82) is 0 Å². The molecule has 0 radical (unpaired) electrons. The van der Waals surface area contributed by atoms with Gasteiger partial charge < -0.3 is 10.6 Å². The van der Waals surface area contributed by atoms with Crippen LogP contribution in [-0.4, -0.2) is 29.3 Å². The molecule has 6 nitrogen and oxygen atoms in total. The highest BCUT2D eigenvalue weighted by atomic mass is 79.9. The summed E-state index contributed by atoms with van der Waals surface area (Å²) in [4.78, 5) is 37.2. The van der Waals surface area contributed by atoms with Crippen LogP contribution in [0.1, 0.15) is 5.56 Å². The molecule has 4 amide bonds. The summed E-state index contributed by atoms with van der Waals surface area (Å²) in [5.41, 5.74) is 0.752. The van der Waals surface area contributed by atoms with Gasteiger partial charge in [-0.1, -0.05) is 40.2 Å². The van der Waals surface area contributed by atoms with E-state index in [0.29, 0.717) is 5.56 Å². The van der Waals surface area contributed by atoms with Gasteiger partial charge in [0, 0.05) is 4.47 Å². The van der Waals surface area contributed by atoms with Crippen LogP contribution in [0.4, 0.5) is 14.9 Å². The number of carbonyl (C=O) groups is 3. The monoisotopic (exact) mass is 417 g/mol. The lowest BCUT2D eigenvalue weighted by atomic mass is 10.2. The number of carbonyl (C=O) groups excluding carboxylic acids is 3. The summed E-state index contributed by atoms with van der Waals surface area (Å²) in [6, 6.07) is 12.1. The molecule has 0 unspecified atom stereocenters. The zero-order valence-electron chi connectivity index (χ0n) is 13.3. The molecule has 1 aliphatic rings. The molecule has 1 aliphatic heterocycles. The van der Waals surface area contributed by atoms with Crippen LogP contribution in [0.15, 0.2) is 58.7 Å². The molecule has 2 aromatic rings. The predicted octanol–water partition coefficient (Wildman–Crippen LogP) is 3.12. The normalized spacial score (nSPS) is 15.3. The molecule has 0 aliphatic carbocycles. The first-order valence-electron chi connectivity index (χ1n) is 7.58. The van der Waals surface area contributed by atoms with Crippen molar-refractivity contribution in [2.24, 2.45) is 0 Å².